The molecule has 9 heteroatoms. The van der Waals surface area contributed by atoms with Crippen LogP contribution in [0.4, 0.5) is 0 Å². The van der Waals surface area contributed by atoms with Gasteiger partial charge in [-0.3, -0.25) is 0 Å². The third-order valence-corrected chi connectivity index (χ3v) is 8.35. The van der Waals surface area contributed by atoms with Crippen molar-refractivity contribution in [3.63, 3.8) is 0 Å². The fourth-order valence-electron chi connectivity index (χ4n) is 4.14. The highest BCUT2D eigenvalue weighted by molar-refractivity contribution is 9.11. The van der Waals surface area contributed by atoms with Crippen LogP contribution in [0, 0.1) is 0 Å². The highest BCUT2D eigenvalue weighted by Crippen LogP contribution is 2.61. The standard InChI is InChI=1S/C22H12Br4O5/c1-29-20-15(24)7-13-19(17(20)26)30-18-12(6-14(23)10(8-27)16(18)25)22(13)11-5-3-2-4-9(11)21(28)31-22/h2-7,27H,8H2,1H3. The van der Waals surface area contributed by atoms with Crippen LogP contribution < -0.4 is 9.47 Å². The third kappa shape index (κ3) is 2.83. The highest BCUT2D eigenvalue weighted by atomic mass is 79.9. The Kier molecular flexibility index (Phi) is 5.25. The first kappa shape index (κ1) is 21.5. The van der Waals surface area contributed by atoms with Gasteiger partial charge in [0.05, 0.1) is 33.8 Å². The zero-order valence-corrected chi connectivity index (χ0v) is 22.1. The Labute approximate surface area is 211 Å². The Balaban J connectivity index is 1.96. The summed E-state index contributed by atoms with van der Waals surface area (Å²) in [5.74, 6) is 1.04. The number of carbonyl (C=O) groups is 1. The summed E-state index contributed by atoms with van der Waals surface area (Å²) >= 11 is 14.3. The van der Waals surface area contributed by atoms with Crippen LogP contribution in [0.5, 0.6) is 17.2 Å². The van der Waals surface area contributed by atoms with Crippen LogP contribution in [0.3, 0.4) is 0 Å². The maximum Gasteiger partial charge on any atom is 0.340 e. The molecule has 158 valence electrons. The lowest BCUT2D eigenvalue weighted by atomic mass is 9.77. The van der Waals surface area contributed by atoms with Crippen molar-refractivity contribution in [1.29, 1.82) is 0 Å². The number of methoxy groups -OCH3 is 1. The van der Waals surface area contributed by atoms with E-state index in [1.807, 2.05) is 24.3 Å². The molecule has 0 radical (unpaired) electrons. The monoisotopic (exact) mass is 672 g/mol. The minimum atomic E-state index is -1.24. The lowest BCUT2D eigenvalue weighted by Gasteiger charge is -2.38. The summed E-state index contributed by atoms with van der Waals surface area (Å²) < 4.78 is 20.5. The molecule has 5 rings (SSSR count). The molecule has 0 saturated heterocycles. The van der Waals surface area contributed by atoms with Crippen molar-refractivity contribution < 1.29 is 24.1 Å². The highest BCUT2D eigenvalue weighted by Gasteiger charge is 2.55. The van der Waals surface area contributed by atoms with Gasteiger partial charge < -0.3 is 19.3 Å². The number of aliphatic hydroxyl groups excluding tert-OH is 1. The predicted molar refractivity (Wildman–Crippen MR) is 128 cm³/mol. The van der Waals surface area contributed by atoms with Crippen molar-refractivity contribution in [2.24, 2.45) is 0 Å². The number of halogens is 4. The Morgan fingerprint density at radius 1 is 0.968 bits per heavy atom. The molecule has 1 atom stereocenters. The van der Waals surface area contributed by atoms with Gasteiger partial charge in [0.1, 0.15) is 10.2 Å². The van der Waals surface area contributed by atoms with E-state index in [4.69, 9.17) is 14.2 Å². The molecule has 2 aliphatic rings. The average molecular weight is 676 g/mol. The van der Waals surface area contributed by atoms with Gasteiger partial charge >= 0.3 is 5.97 Å². The molecule has 0 amide bonds. The maximum atomic E-state index is 13.0. The second-order valence-electron chi connectivity index (χ2n) is 6.99. The summed E-state index contributed by atoms with van der Waals surface area (Å²) in [7, 11) is 1.56. The molecule has 31 heavy (non-hydrogen) atoms. The van der Waals surface area contributed by atoms with E-state index in [1.54, 1.807) is 19.2 Å². The number of carbonyl (C=O) groups excluding carboxylic acids is 1. The quantitative estimate of drug-likeness (QED) is 0.303. The van der Waals surface area contributed by atoms with E-state index in [-0.39, 0.29) is 6.61 Å². The van der Waals surface area contributed by atoms with E-state index < -0.39 is 11.6 Å². The van der Waals surface area contributed by atoms with Crippen LogP contribution in [0.2, 0.25) is 0 Å². The van der Waals surface area contributed by atoms with Gasteiger partial charge in [0.15, 0.2) is 17.1 Å². The number of ether oxygens (including phenoxy) is 3. The fourth-order valence-corrected chi connectivity index (χ4v) is 7.12. The first-order chi connectivity index (χ1) is 14.8. The van der Waals surface area contributed by atoms with E-state index in [1.165, 1.54) is 0 Å². The topological polar surface area (TPSA) is 65.0 Å². The molecule has 5 nitrogen and oxygen atoms in total. The van der Waals surface area contributed by atoms with Crippen molar-refractivity contribution >= 4 is 69.7 Å². The number of rotatable bonds is 2. The van der Waals surface area contributed by atoms with E-state index in [9.17, 15) is 9.90 Å². The molecule has 1 N–H and O–H groups in total. The van der Waals surface area contributed by atoms with Gasteiger partial charge in [0, 0.05) is 21.2 Å². The first-order valence-corrected chi connectivity index (χ1v) is 12.2. The number of hydrogen-bond donors (Lipinski definition) is 1. The molecular formula is C22H12Br4O5. The lowest BCUT2D eigenvalue weighted by molar-refractivity contribution is 0.0222. The summed E-state index contributed by atoms with van der Waals surface area (Å²) in [5.41, 5.74) is 1.86. The summed E-state index contributed by atoms with van der Waals surface area (Å²) in [6.07, 6.45) is 0. The Bertz CT molecular complexity index is 1220. The van der Waals surface area contributed by atoms with Gasteiger partial charge in [-0.2, -0.15) is 0 Å². The Morgan fingerprint density at radius 3 is 2.29 bits per heavy atom. The molecule has 0 saturated carbocycles. The normalized spacial score (nSPS) is 18.2. The molecule has 0 aromatic heterocycles. The van der Waals surface area contributed by atoms with Crippen molar-refractivity contribution in [1.82, 2.24) is 0 Å². The van der Waals surface area contributed by atoms with Crippen LogP contribution in [0.25, 0.3) is 0 Å². The minimum Gasteiger partial charge on any atom is -0.494 e. The minimum absolute atomic E-state index is 0.209. The van der Waals surface area contributed by atoms with E-state index >= 15 is 0 Å². The smallest absolute Gasteiger partial charge is 0.340 e. The van der Waals surface area contributed by atoms with Crippen LogP contribution in [0.1, 0.15) is 32.6 Å². The van der Waals surface area contributed by atoms with Gasteiger partial charge in [-0.25, -0.2) is 4.79 Å². The van der Waals surface area contributed by atoms with E-state index in [0.29, 0.717) is 63.0 Å². The molecule has 3 aromatic carbocycles. The zero-order chi connectivity index (χ0) is 22.1. The predicted octanol–water partition coefficient (Wildman–Crippen LogP) is 6.81. The van der Waals surface area contributed by atoms with Gasteiger partial charge in [0.2, 0.25) is 0 Å². The van der Waals surface area contributed by atoms with Gasteiger partial charge in [-0.05, 0) is 66.0 Å². The first-order valence-electron chi connectivity index (χ1n) is 9.04. The van der Waals surface area contributed by atoms with Crippen molar-refractivity contribution in [3.8, 4) is 17.2 Å². The zero-order valence-electron chi connectivity index (χ0n) is 15.8. The molecule has 1 unspecified atom stereocenters. The van der Waals surface area contributed by atoms with Gasteiger partial charge in [0.25, 0.3) is 0 Å². The van der Waals surface area contributed by atoms with Crippen LogP contribution in [0.15, 0.2) is 54.3 Å². The SMILES string of the molecule is COc1c(Br)cc2c(c1Br)Oc1c(cc(Br)c(CO)c1Br)C21OC(=O)c2ccccc21. The number of esters is 1. The molecular weight excluding hydrogens is 664 g/mol. The number of benzene rings is 3. The maximum absolute atomic E-state index is 13.0. The molecule has 0 fully saturated rings. The summed E-state index contributed by atoms with van der Waals surface area (Å²) in [4.78, 5) is 13.0. The molecule has 0 bridgehead atoms. The van der Waals surface area contributed by atoms with Crippen molar-refractivity contribution in [3.05, 3.63) is 82.1 Å². The summed E-state index contributed by atoms with van der Waals surface area (Å²) in [6, 6.07) is 11.0. The molecule has 2 aliphatic heterocycles. The largest absolute Gasteiger partial charge is 0.494 e. The second-order valence-corrected chi connectivity index (χ2v) is 10.3. The van der Waals surface area contributed by atoms with Gasteiger partial charge in [-0.1, -0.05) is 34.1 Å². The molecule has 0 aliphatic carbocycles. The second kappa shape index (κ2) is 7.59. The molecule has 3 aromatic rings. The summed E-state index contributed by atoms with van der Waals surface area (Å²) in [6.45, 7) is -0.209. The number of hydrogen-bond acceptors (Lipinski definition) is 5. The number of aliphatic hydroxyl groups is 1. The van der Waals surface area contributed by atoms with E-state index in [0.717, 1.165) is 0 Å². The Morgan fingerprint density at radius 2 is 1.61 bits per heavy atom. The van der Waals surface area contributed by atoms with Crippen LogP contribution >= 0.6 is 63.7 Å². The number of fused-ring (bicyclic) bond motifs is 6. The third-order valence-electron chi connectivity index (χ3n) is 5.50. The Hall–Kier alpha value is -1.39. The summed E-state index contributed by atoms with van der Waals surface area (Å²) in [5, 5.41) is 9.89. The van der Waals surface area contributed by atoms with Gasteiger partial charge in [-0.15, -0.1) is 0 Å². The van der Waals surface area contributed by atoms with Crippen LogP contribution in [-0.4, -0.2) is 18.2 Å². The average Bonchev–Trinajstić information content (AvgIpc) is 3.04. The molecule has 1 spiro atoms. The van der Waals surface area contributed by atoms with Crippen molar-refractivity contribution in [2.75, 3.05) is 7.11 Å². The van der Waals surface area contributed by atoms with Crippen LogP contribution in [-0.2, 0) is 16.9 Å². The van der Waals surface area contributed by atoms with E-state index in [2.05, 4.69) is 63.7 Å². The fraction of sp³-hybridized carbons (Fsp3) is 0.136. The lowest BCUT2D eigenvalue weighted by Crippen LogP contribution is -2.33. The van der Waals surface area contributed by atoms with Crippen molar-refractivity contribution in [2.45, 2.75) is 12.2 Å². The molecule has 2 heterocycles.